The molecule has 0 bridgehead atoms. The van der Waals surface area contributed by atoms with Crippen LogP contribution in [0.2, 0.25) is 0 Å². The average Bonchev–Trinajstić information content (AvgIpc) is 2.51. The van der Waals surface area contributed by atoms with Crippen molar-refractivity contribution in [3.63, 3.8) is 0 Å². The molecule has 1 atom stereocenters. The van der Waals surface area contributed by atoms with Crippen LogP contribution in [-0.2, 0) is 11.8 Å². The standard InChI is InChI=1S/C8H13N3O2S/c1-3-4-6(7(12)13)14-8-10-9-5-11(8)2/h5-6H,3-4H2,1-2H3,(H,12,13). The van der Waals surface area contributed by atoms with Crippen molar-refractivity contribution in [2.75, 3.05) is 0 Å². The Labute approximate surface area is 86.5 Å². The van der Waals surface area contributed by atoms with E-state index in [1.165, 1.54) is 11.8 Å². The molecule has 0 fully saturated rings. The van der Waals surface area contributed by atoms with Crippen LogP contribution in [0.4, 0.5) is 0 Å². The number of carbonyl (C=O) groups is 1. The molecule has 0 amide bonds. The zero-order valence-corrected chi connectivity index (χ0v) is 8.99. The number of carboxylic acid groups (broad SMARTS) is 1. The van der Waals surface area contributed by atoms with Crippen LogP contribution in [0.15, 0.2) is 11.5 Å². The second kappa shape index (κ2) is 4.99. The van der Waals surface area contributed by atoms with E-state index in [4.69, 9.17) is 5.11 Å². The Kier molecular flexibility index (Phi) is 3.94. The Hall–Kier alpha value is -1.04. The van der Waals surface area contributed by atoms with Crippen LogP contribution in [0.1, 0.15) is 19.8 Å². The van der Waals surface area contributed by atoms with Crippen LogP contribution >= 0.6 is 11.8 Å². The summed E-state index contributed by atoms with van der Waals surface area (Å²) in [6.45, 7) is 1.97. The summed E-state index contributed by atoms with van der Waals surface area (Å²) in [6.07, 6.45) is 3.06. The maximum atomic E-state index is 10.8. The number of hydrogen-bond donors (Lipinski definition) is 1. The Morgan fingerprint density at radius 2 is 2.50 bits per heavy atom. The van der Waals surface area contributed by atoms with Crippen molar-refractivity contribution in [3.05, 3.63) is 6.33 Å². The molecule has 1 unspecified atom stereocenters. The number of rotatable bonds is 5. The largest absolute Gasteiger partial charge is 0.480 e. The number of hydrogen-bond acceptors (Lipinski definition) is 4. The maximum absolute atomic E-state index is 10.8. The van der Waals surface area contributed by atoms with E-state index < -0.39 is 11.2 Å². The predicted molar refractivity (Wildman–Crippen MR) is 53.2 cm³/mol. The number of aromatic nitrogens is 3. The lowest BCUT2D eigenvalue weighted by Crippen LogP contribution is -2.16. The third-order valence-electron chi connectivity index (χ3n) is 1.74. The van der Waals surface area contributed by atoms with Crippen molar-refractivity contribution >= 4 is 17.7 Å². The predicted octanol–water partition coefficient (Wildman–Crippen LogP) is 1.16. The molecular formula is C8H13N3O2S. The molecule has 1 aromatic rings. The number of aryl methyl sites for hydroxylation is 1. The van der Waals surface area contributed by atoms with Crippen molar-refractivity contribution in [3.8, 4) is 0 Å². The summed E-state index contributed by atoms with van der Waals surface area (Å²) in [4.78, 5) is 10.8. The molecule has 5 nitrogen and oxygen atoms in total. The molecule has 0 aromatic carbocycles. The molecular weight excluding hydrogens is 202 g/mol. The molecule has 1 heterocycles. The topological polar surface area (TPSA) is 68.0 Å². The van der Waals surface area contributed by atoms with Gasteiger partial charge in [-0.2, -0.15) is 0 Å². The maximum Gasteiger partial charge on any atom is 0.317 e. The van der Waals surface area contributed by atoms with E-state index in [2.05, 4.69) is 10.2 Å². The Bertz CT molecular complexity index is 313. The van der Waals surface area contributed by atoms with E-state index in [1.807, 2.05) is 6.92 Å². The second-order valence-corrected chi connectivity index (χ2v) is 4.13. The second-order valence-electron chi connectivity index (χ2n) is 2.96. The van der Waals surface area contributed by atoms with Crippen LogP contribution in [-0.4, -0.2) is 31.1 Å². The highest BCUT2D eigenvalue weighted by molar-refractivity contribution is 8.00. The van der Waals surface area contributed by atoms with Crippen LogP contribution in [0.5, 0.6) is 0 Å². The molecule has 0 spiro atoms. The first-order valence-electron chi connectivity index (χ1n) is 4.38. The summed E-state index contributed by atoms with van der Waals surface area (Å²) in [6, 6.07) is 0. The highest BCUT2D eigenvalue weighted by atomic mass is 32.2. The van der Waals surface area contributed by atoms with E-state index in [0.717, 1.165) is 6.42 Å². The first-order chi connectivity index (χ1) is 6.65. The summed E-state index contributed by atoms with van der Waals surface area (Å²) in [7, 11) is 1.80. The fourth-order valence-electron chi connectivity index (χ4n) is 1.00. The monoisotopic (exact) mass is 215 g/mol. The van der Waals surface area contributed by atoms with E-state index in [0.29, 0.717) is 11.6 Å². The molecule has 0 saturated carbocycles. The zero-order valence-electron chi connectivity index (χ0n) is 8.17. The molecule has 0 aliphatic rings. The van der Waals surface area contributed by atoms with Crippen LogP contribution < -0.4 is 0 Å². The van der Waals surface area contributed by atoms with Crippen LogP contribution in [0.3, 0.4) is 0 Å². The third kappa shape index (κ3) is 2.73. The number of thioether (sulfide) groups is 1. The van der Waals surface area contributed by atoms with Crippen molar-refractivity contribution in [2.45, 2.75) is 30.2 Å². The third-order valence-corrected chi connectivity index (χ3v) is 3.05. The molecule has 0 aliphatic heterocycles. The summed E-state index contributed by atoms with van der Waals surface area (Å²) in [5.74, 6) is -0.792. The molecule has 0 radical (unpaired) electrons. The van der Waals surface area contributed by atoms with Crippen molar-refractivity contribution in [1.82, 2.24) is 14.8 Å². The Morgan fingerprint density at radius 3 is 2.93 bits per heavy atom. The van der Waals surface area contributed by atoms with Gasteiger partial charge in [0.05, 0.1) is 0 Å². The smallest absolute Gasteiger partial charge is 0.317 e. The fourth-order valence-corrected chi connectivity index (χ4v) is 2.02. The van der Waals surface area contributed by atoms with Gasteiger partial charge in [-0.1, -0.05) is 25.1 Å². The van der Waals surface area contributed by atoms with Crippen molar-refractivity contribution in [1.29, 1.82) is 0 Å². The minimum absolute atomic E-state index is 0.428. The quantitative estimate of drug-likeness (QED) is 0.746. The van der Waals surface area contributed by atoms with Gasteiger partial charge in [-0.25, -0.2) is 0 Å². The lowest BCUT2D eigenvalue weighted by molar-refractivity contribution is -0.136. The van der Waals surface area contributed by atoms with E-state index in [1.54, 1.807) is 17.9 Å². The normalized spacial score (nSPS) is 12.7. The summed E-state index contributed by atoms with van der Waals surface area (Å²) in [5, 5.41) is 16.7. The highest BCUT2D eigenvalue weighted by Gasteiger charge is 2.19. The molecule has 78 valence electrons. The summed E-state index contributed by atoms with van der Waals surface area (Å²) >= 11 is 1.24. The molecule has 1 rings (SSSR count). The average molecular weight is 215 g/mol. The SMILES string of the molecule is CCCC(Sc1nncn1C)C(=O)O. The van der Waals surface area contributed by atoms with Gasteiger partial charge in [-0.15, -0.1) is 10.2 Å². The minimum Gasteiger partial charge on any atom is -0.480 e. The fraction of sp³-hybridized carbons (Fsp3) is 0.625. The van der Waals surface area contributed by atoms with Gasteiger partial charge in [0, 0.05) is 7.05 Å². The summed E-state index contributed by atoms with van der Waals surface area (Å²) in [5.41, 5.74) is 0. The van der Waals surface area contributed by atoms with E-state index in [-0.39, 0.29) is 0 Å². The Balaban J connectivity index is 2.64. The van der Waals surface area contributed by atoms with Gasteiger partial charge in [-0.3, -0.25) is 4.79 Å². The van der Waals surface area contributed by atoms with Gasteiger partial charge in [-0.05, 0) is 6.42 Å². The van der Waals surface area contributed by atoms with Gasteiger partial charge < -0.3 is 9.67 Å². The number of nitrogens with zero attached hydrogens (tertiary/aromatic N) is 3. The van der Waals surface area contributed by atoms with Gasteiger partial charge in [0.1, 0.15) is 11.6 Å². The van der Waals surface area contributed by atoms with E-state index in [9.17, 15) is 4.79 Å². The van der Waals surface area contributed by atoms with E-state index >= 15 is 0 Å². The lowest BCUT2D eigenvalue weighted by Gasteiger charge is -2.08. The van der Waals surface area contributed by atoms with Gasteiger partial charge in [0.15, 0.2) is 5.16 Å². The highest BCUT2D eigenvalue weighted by Crippen LogP contribution is 2.23. The van der Waals surface area contributed by atoms with Gasteiger partial charge >= 0.3 is 5.97 Å². The van der Waals surface area contributed by atoms with Gasteiger partial charge in [0.25, 0.3) is 0 Å². The first-order valence-corrected chi connectivity index (χ1v) is 5.26. The lowest BCUT2D eigenvalue weighted by atomic mass is 10.2. The molecule has 14 heavy (non-hydrogen) atoms. The van der Waals surface area contributed by atoms with Crippen LogP contribution in [0.25, 0.3) is 0 Å². The molecule has 6 heteroatoms. The minimum atomic E-state index is -0.792. The van der Waals surface area contributed by atoms with Crippen molar-refractivity contribution in [2.24, 2.45) is 7.05 Å². The number of aliphatic carboxylic acids is 1. The molecule has 0 saturated heterocycles. The zero-order chi connectivity index (χ0) is 10.6. The summed E-state index contributed by atoms with van der Waals surface area (Å²) < 4.78 is 1.72. The first kappa shape index (κ1) is 11.0. The Morgan fingerprint density at radius 1 is 1.79 bits per heavy atom. The van der Waals surface area contributed by atoms with Gasteiger partial charge in [0.2, 0.25) is 0 Å². The molecule has 1 N–H and O–H groups in total. The number of carboxylic acids is 1. The molecule has 1 aromatic heterocycles. The molecule has 0 aliphatic carbocycles. The van der Waals surface area contributed by atoms with Crippen LogP contribution in [0, 0.1) is 0 Å². The van der Waals surface area contributed by atoms with Crippen molar-refractivity contribution < 1.29 is 9.90 Å².